The molecule has 3 aromatic heterocycles. The third-order valence-electron chi connectivity index (χ3n) is 12.4. The molecule has 0 aliphatic heterocycles. The van der Waals surface area contributed by atoms with Crippen LogP contribution in [0.1, 0.15) is 109 Å². The first-order valence-corrected chi connectivity index (χ1v) is 26.3. The van der Waals surface area contributed by atoms with Crippen LogP contribution in [-0.4, -0.2) is 22.6 Å². The fourth-order valence-corrected chi connectivity index (χ4v) is 10.3. The van der Waals surface area contributed by atoms with E-state index in [-0.39, 0.29) is 25.5 Å². The Kier molecular flexibility index (Phi) is 13.4. The number of para-hydroxylation sites is 3. The summed E-state index contributed by atoms with van der Waals surface area (Å²) in [6.07, 6.45) is 1.99. The molecule has 0 amide bonds. The van der Waals surface area contributed by atoms with Gasteiger partial charge in [0.15, 0.2) is 0 Å². The molecule has 0 saturated heterocycles. The fourth-order valence-electron chi connectivity index (χ4n) is 8.72. The summed E-state index contributed by atoms with van der Waals surface area (Å²) in [6.45, 7) is 28.7. The predicted molar refractivity (Wildman–Crippen MR) is 275 cm³/mol. The van der Waals surface area contributed by atoms with Crippen LogP contribution >= 0.6 is 0 Å². The summed E-state index contributed by atoms with van der Waals surface area (Å²) in [4.78, 5) is 9.88. The van der Waals surface area contributed by atoms with E-state index in [9.17, 15) is 0 Å². The van der Waals surface area contributed by atoms with E-state index in [2.05, 4.69) is 200 Å². The quantitative estimate of drug-likeness (QED) is 0.113. The largest absolute Gasteiger partial charge is 0.501 e. The van der Waals surface area contributed by atoms with Crippen molar-refractivity contribution in [1.29, 1.82) is 0 Å². The van der Waals surface area contributed by atoms with Crippen LogP contribution in [-0.2, 0) is 25.5 Å². The molecular formula is C59H63IrN3OSi-2. The van der Waals surface area contributed by atoms with Crippen molar-refractivity contribution in [2.24, 2.45) is 0 Å². The van der Waals surface area contributed by atoms with Crippen LogP contribution in [0.3, 0.4) is 0 Å². The summed E-state index contributed by atoms with van der Waals surface area (Å²) in [5.41, 5.74) is 16.4. The van der Waals surface area contributed by atoms with Crippen molar-refractivity contribution in [3.8, 4) is 39.5 Å². The third kappa shape index (κ3) is 9.64. The van der Waals surface area contributed by atoms with Crippen molar-refractivity contribution in [3.05, 3.63) is 167 Å². The summed E-state index contributed by atoms with van der Waals surface area (Å²) in [7, 11) is -1.51. The van der Waals surface area contributed by atoms with E-state index in [1.165, 1.54) is 38.7 Å². The molecule has 3 heterocycles. The molecule has 9 rings (SSSR count). The van der Waals surface area contributed by atoms with Crippen LogP contribution in [0, 0.1) is 19.1 Å². The molecule has 0 N–H and O–H groups in total. The molecule has 0 saturated carbocycles. The first-order valence-electron chi connectivity index (χ1n) is 23.3. The number of imidazole rings is 1. The van der Waals surface area contributed by atoms with E-state index in [1.54, 1.807) is 0 Å². The topological polar surface area (TPSA) is 43.9 Å². The number of benzene rings is 6. The Balaban J connectivity index is 0.000000249. The normalized spacial score (nSPS) is 12.4. The van der Waals surface area contributed by atoms with Crippen LogP contribution in [0.25, 0.3) is 72.4 Å². The van der Waals surface area contributed by atoms with Crippen LogP contribution in [0.5, 0.6) is 0 Å². The first-order chi connectivity index (χ1) is 30.7. The van der Waals surface area contributed by atoms with Gasteiger partial charge in [-0.3, -0.25) is 4.98 Å². The zero-order valence-electron chi connectivity index (χ0n) is 41.4. The van der Waals surface area contributed by atoms with Gasteiger partial charge in [0, 0.05) is 38.7 Å². The van der Waals surface area contributed by atoms with Crippen LogP contribution in [0.4, 0.5) is 0 Å². The van der Waals surface area contributed by atoms with Crippen molar-refractivity contribution >= 4 is 46.2 Å². The van der Waals surface area contributed by atoms with Crippen LogP contribution in [0.2, 0.25) is 19.6 Å². The Labute approximate surface area is 403 Å². The van der Waals surface area contributed by atoms with Gasteiger partial charge < -0.3 is 14.0 Å². The maximum Gasteiger partial charge on any atom is 0.121 e. The van der Waals surface area contributed by atoms with E-state index in [0.717, 1.165) is 66.7 Å². The molecule has 335 valence electrons. The number of fused-ring (bicyclic) bond motifs is 4. The fraction of sp³-hybridized carbons (Fsp3) is 0.288. The van der Waals surface area contributed by atoms with Crippen molar-refractivity contribution in [3.63, 3.8) is 0 Å². The minimum atomic E-state index is -1.51. The van der Waals surface area contributed by atoms with Crippen molar-refractivity contribution in [1.82, 2.24) is 14.5 Å². The van der Waals surface area contributed by atoms with Gasteiger partial charge in [-0.05, 0) is 80.0 Å². The van der Waals surface area contributed by atoms with Gasteiger partial charge >= 0.3 is 0 Å². The maximum absolute atomic E-state index is 8.47. The Hall–Kier alpha value is -5.39. The molecule has 0 unspecified atom stereocenters. The molecule has 65 heavy (non-hydrogen) atoms. The van der Waals surface area contributed by atoms with E-state index in [1.807, 2.05) is 38.2 Å². The molecule has 0 aliphatic rings. The molecule has 0 fully saturated rings. The summed E-state index contributed by atoms with van der Waals surface area (Å²) < 4.78 is 17.6. The van der Waals surface area contributed by atoms with Crippen molar-refractivity contribution in [2.45, 2.75) is 112 Å². The SMILES string of the molecule is CC(C)c1cccc(C(C)C)c1-n1c(-c2[c-]ccc3c2oc2cc(-c4ccc(C(C)(C)C)cc4)ccc23)nc2ccccc21.[2H]C(C)(C)c1cc(-c2[c-]cc(C)cc2)ncc1[Si](C)(C)C.[Ir]. The van der Waals surface area contributed by atoms with E-state index in [0.29, 0.717) is 11.8 Å². The van der Waals surface area contributed by atoms with Gasteiger partial charge in [0.1, 0.15) is 5.58 Å². The van der Waals surface area contributed by atoms with Gasteiger partial charge in [-0.1, -0.05) is 178 Å². The monoisotopic (exact) mass is 1050 g/mol. The van der Waals surface area contributed by atoms with Gasteiger partial charge in [-0.2, -0.15) is 0 Å². The second-order valence-electron chi connectivity index (χ2n) is 20.2. The number of aryl methyl sites for hydroxylation is 1. The minimum Gasteiger partial charge on any atom is -0.501 e. The van der Waals surface area contributed by atoms with Gasteiger partial charge in [0.25, 0.3) is 0 Å². The number of pyridine rings is 1. The number of hydrogen-bond acceptors (Lipinski definition) is 3. The van der Waals surface area contributed by atoms with Crippen molar-refractivity contribution < 1.29 is 25.9 Å². The van der Waals surface area contributed by atoms with E-state index in [4.69, 9.17) is 10.8 Å². The number of aromatic nitrogens is 3. The van der Waals surface area contributed by atoms with Gasteiger partial charge in [-0.15, -0.1) is 53.6 Å². The van der Waals surface area contributed by atoms with Gasteiger partial charge in [0.2, 0.25) is 0 Å². The smallest absolute Gasteiger partial charge is 0.121 e. The molecule has 6 aromatic carbocycles. The van der Waals surface area contributed by atoms with Crippen molar-refractivity contribution in [2.75, 3.05) is 0 Å². The molecule has 4 nitrogen and oxygen atoms in total. The number of nitrogens with zero attached hydrogens (tertiary/aromatic N) is 3. The second-order valence-corrected chi connectivity index (χ2v) is 25.3. The number of rotatable bonds is 8. The third-order valence-corrected chi connectivity index (χ3v) is 14.4. The molecule has 0 bridgehead atoms. The Morgan fingerprint density at radius 3 is 2.02 bits per heavy atom. The molecule has 6 heteroatoms. The Morgan fingerprint density at radius 1 is 0.723 bits per heavy atom. The predicted octanol–water partition coefficient (Wildman–Crippen LogP) is 16.1. The first kappa shape index (κ1) is 46.1. The minimum absolute atomic E-state index is 0. The van der Waals surface area contributed by atoms with E-state index >= 15 is 0 Å². The average Bonchev–Trinajstić information content (AvgIpc) is 3.84. The summed E-state index contributed by atoms with van der Waals surface area (Å²) >= 11 is 0. The molecule has 0 atom stereocenters. The number of furan rings is 1. The van der Waals surface area contributed by atoms with Gasteiger partial charge in [-0.25, -0.2) is 0 Å². The zero-order chi connectivity index (χ0) is 46.6. The number of hydrogen-bond donors (Lipinski definition) is 0. The molecule has 1 radical (unpaired) electrons. The zero-order valence-corrected chi connectivity index (χ0v) is 43.8. The summed E-state index contributed by atoms with van der Waals surface area (Å²) in [6, 6.07) is 49.7. The standard InChI is InChI=1S/C41H39N2O.C18H24NSi.Ir/c1-25(2)30-12-10-13-31(26(3)4)38(30)43-36-17-9-8-16-35(36)42-40(43)34-15-11-14-33-32-23-20-28(24-37(32)44-39(33)34)27-18-21-29(22-19-27)41(5,6)7;1-13(2)16-11-17(15-9-7-14(3)8-10-15)19-12-18(16)20(4,5)6;/h8-14,16-26H,1-7H3;7-9,11-13H,1-6H3;/q2*-1;/i;13D;. The molecular weight excluding hydrogens is 987 g/mol. The Bertz CT molecular complexity index is 3130. The molecule has 0 aliphatic carbocycles. The second kappa shape index (κ2) is 18.8. The molecule has 9 aromatic rings. The van der Waals surface area contributed by atoms with Crippen LogP contribution < -0.4 is 5.19 Å². The van der Waals surface area contributed by atoms with E-state index < -0.39 is 14.0 Å². The maximum atomic E-state index is 8.47. The summed E-state index contributed by atoms with van der Waals surface area (Å²) in [5, 5.41) is 3.44. The molecule has 0 spiro atoms. The average molecular weight is 1050 g/mol. The van der Waals surface area contributed by atoms with Crippen LogP contribution in [0.15, 0.2) is 132 Å². The summed E-state index contributed by atoms with van der Waals surface area (Å²) in [5.74, 6) is 0.931. The van der Waals surface area contributed by atoms with Gasteiger partial charge in [0.05, 0.1) is 30.5 Å². The Morgan fingerprint density at radius 2 is 1.40 bits per heavy atom.